The van der Waals surface area contributed by atoms with Crippen LogP contribution in [0.2, 0.25) is 0 Å². The van der Waals surface area contributed by atoms with Gasteiger partial charge in [0.15, 0.2) is 0 Å². The maximum atomic E-state index is 3.41. The van der Waals surface area contributed by atoms with Gasteiger partial charge in [-0.1, -0.05) is 58.4 Å². The number of rotatable bonds is 0. The highest BCUT2D eigenvalue weighted by atomic mass is 79.9. The summed E-state index contributed by atoms with van der Waals surface area (Å²) in [6, 6.07) is 23.1. The Morgan fingerprint density at radius 3 is 1.59 bits per heavy atom. The summed E-state index contributed by atoms with van der Waals surface area (Å²) in [4.78, 5) is 3.38. The predicted molar refractivity (Wildman–Crippen MR) is 99.4 cm³/mol. The van der Waals surface area contributed by atoms with Crippen LogP contribution in [0.15, 0.2) is 71.2 Å². The zero-order valence-corrected chi connectivity index (χ0v) is 14.3. The highest BCUT2D eigenvalue weighted by Crippen LogP contribution is 2.24. The average molecular weight is 352 g/mol. The van der Waals surface area contributed by atoms with Crippen molar-refractivity contribution >= 4 is 37.7 Å². The van der Waals surface area contributed by atoms with Gasteiger partial charge in [-0.15, -0.1) is 0 Å². The zero-order chi connectivity index (χ0) is 15.5. The number of aryl methyl sites for hydroxylation is 2. The van der Waals surface area contributed by atoms with E-state index in [2.05, 4.69) is 101 Å². The van der Waals surface area contributed by atoms with E-state index in [0.717, 1.165) is 0 Å². The normalized spacial score (nSPS) is 10.5. The van der Waals surface area contributed by atoms with Gasteiger partial charge >= 0.3 is 0 Å². The fourth-order valence-corrected chi connectivity index (χ4v) is 3.44. The first-order chi connectivity index (χ1) is 10.6. The van der Waals surface area contributed by atoms with E-state index in [1.54, 1.807) is 0 Å². The van der Waals surface area contributed by atoms with Gasteiger partial charge in [-0.05, 0) is 49.2 Å². The Hall–Kier alpha value is -2.06. The van der Waals surface area contributed by atoms with Crippen LogP contribution < -0.4 is 0 Å². The van der Waals surface area contributed by atoms with Crippen molar-refractivity contribution in [1.29, 1.82) is 0 Å². The third-order valence-corrected chi connectivity index (χ3v) is 4.06. The summed E-state index contributed by atoms with van der Waals surface area (Å²) in [5, 5.41) is 2.61. The van der Waals surface area contributed by atoms with E-state index in [1.165, 1.54) is 37.4 Å². The van der Waals surface area contributed by atoms with Crippen molar-refractivity contribution < 1.29 is 0 Å². The Morgan fingerprint density at radius 1 is 0.682 bits per heavy atom. The second kappa shape index (κ2) is 6.37. The Kier molecular flexibility index (Phi) is 4.30. The van der Waals surface area contributed by atoms with Crippen LogP contribution in [0.3, 0.4) is 0 Å². The first-order valence-corrected chi connectivity index (χ1v) is 8.12. The van der Waals surface area contributed by atoms with Crippen molar-refractivity contribution in [2.24, 2.45) is 0 Å². The van der Waals surface area contributed by atoms with Crippen LogP contribution in [0.5, 0.6) is 0 Å². The molecule has 1 aromatic heterocycles. The molecule has 3 aromatic carbocycles. The van der Waals surface area contributed by atoms with Gasteiger partial charge in [0.1, 0.15) is 0 Å². The van der Waals surface area contributed by atoms with Crippen LogP contribution in [0, 0.1) is 13.8 Å². The molecule has 0 saturated heterocycles. The molecule has 0 aliphatic heterocycles. The molecule has 0 unspecified atom stereocenters. The molecule has 0 saturated carbocycles. The Morgan fingerprint density at radius 2 is 1.14 bits per heavy atom. The second-order valence-corrected chi connectivity index (χ2v) is 6.44. The molecule has 0 aliphatic carbocycles. The summed E-state index contributed by atoms with van der Waals surface area (Å²) in [5.41, 5.74) is 5.04. The lowest BCUT2D eigenvalue weighted by Crippen LogP contribution is -1.74. The molecular weight excluding hydrogens is 334 g/mol. The van der Waals surface area contributed by atoms with Crippen LogP contribution in [0.4, 0.5) is 0 Å². The number of aromatic amines is 1. The van der Waals surface area contributed by atoms with E-state index in [-0.39, 0.29) is 0 Å². The number of hydrogen-bond acceptors (Lipinski definition) is 0. The molecule has 4 rings (SSSR count). The van der Waals surface area contributed by atoms with Crippen molar-refractivity contribution in [3.8, 4) is 0 Å². The number of halogens is 1. The standard InChI is InChI=1S/C12H9N.C8H9Br/c1-3-7-11-9(5-1)10-6-2-4-8-12(10)13-11;1-6-3-7(2)5-8(9)4-6/h1-8,13H;3-5H,1-2H3. The number of benzene rings is 3. The van der Waals surface area contributed by atoms with Gasteiger partial charge in [0.2, 0.25) is 0 Å². The largest absolute Gasteiger partial charge is 0.355 e. The number of fused-ring (bicyclic) bond motifs is 3. The third kappa shape index (κ3) is 3.23. The number of nitrogens with one attached hydrogen (secondary N) is 1. The maximum absolute atomic E-state index is 3.41. The lowest BCUT2D eigenvalue weighted by Gasteiger charge is -1.95. The molecule has 22 heavy (non-hydrogen) atoms. The first-order valence-electron chi connectivity index (χ1n) is 7.33. The fraction of sp³-hybridized carbons (Fsp3) is 0.100. The van der Waals surface area contributed by atoms with E-state index in [0.29, 0.717) is 0 Å². The molecule has 1 N–H and O–H groups in total. The molecule has 2 heteroatoms. The molecule has 4 aromatic rings. The molecule has 0 radical (unpaired) electrons. The fourth-order valence-electron chi connectivity index (χ4n) is 2.72. The minimum Gasteiger partial charge on any atom is -0.355 e. The maximum Gasteiger partial charge on any atom is 0.0464 e. The van der Waals surface area contributed by atoms with E-state index >= 15 is 0 Å². The first kappa shape index (κ1) is 14.9. The van der Waals surface area contributed by atoms with Crippen molar-refractivity contribution in [1.82, 2.24) is 4.98 Å². The van der Waals surface area contributed by atoms with E-state index in [9.17, 15) is 0 Å². The molecule has 0 aliphatic rings. The van der Waals surface area contributed by atoms with Crippen molar-refractivity contribution in [2.75, 3.05) is 0 Å². The zero-order valence-electron chi connectivity index (χ0n) is 12.7. The molecule has 1 heterocycles. The van der Waals surface area contributed by atoms with Gasteiger partial charge in [-0.25, -0.2) is 0 Å². The smallest absolute Gasteiger partial charge is 0.0464 e. The highest BCUT2D eigenvalue weighted by Gasteiger charge is 2.00. The lowest BCUT2D eigenvalue weighted by molar-refractivity contribution is 1.37. The number of H-pyrrole nitrogens is 1. The van der Waals surface area contributed by atoms with E-state index in [4.69, 9.17) is 0 Å². The molecule has 0 amide bonds. The summed E-state index contributed by atoms with van der Waals surface area (Å²) >= 11 is 3.41. The monoisotopic (exact) mass is 351 g/mol. The van der Waals surface area contributed by atoms with Crippen molar-refractivity contribution in [3.05, 3.63) is 82.3 Å². The van der Waals surface area contributed by atoms with E-state index < -0.39 is 0 Å². The minimum atomic E-state index is 1.17. The summed E-state index contributed by atoms with van der Waals surface area (Å²) < 4.78 is 1.17. The van der Waals surface area contributed by atoms with E-state index in [1.807, 2.05) is 0 Å². The molecule has 0 spiro atoms. The van der Waals surface area contributed by atoms with Crippen LogP contribution in [0.1, 0.15) is 11.1 Å². The van der Waals surface area contributed by atoms with Gasteiger partial charge < -0.3 is 4.98 Å². The Balaban J connectivity index is 0.000000142. The van der Waals surface area contributed by atoms with Gasteiger partial charge in [0, 0.05) is 26.3 Å². The highest BCUT2D eigenvalue weighted by molar-refractivity contribution is 9.10. The number of aromatic nitrogens is 1. The molecular formula is C20H18BrN. The Bertz CT molecular complexity index is 820. The molecule has 1 nitrogen and oxygen atoms in total. The summed E-state index contributed by atoms with van der Waals surface area (Å²) in [7, 11) is 0. The third-order valence-electron chi connectivity index (χ3n) is 3.60. The van der Waals surface area contributed by atoms with Crippen LogP contribution in [-0.4, -0.2) is 4.98 Å². The number of para-hydroxylation sites is 2. The SMILES string of the molecule is Cc1cc(C)cc(Br)c1.c1ccc2c(c1)[nH]c1ccccc12. The number of hydrogen-bond donors (Lipinski definition) is 1. The molecule has 110 valence electrons. The summed E-state index contributed by atoms with van der Waals surface area (Å²) in [6.45, 7) is 4.19. The summed E-state index contributed by atoms with van der Waals surface area (Å²) in [5.74, 6) is 0. The molecule has 0 bridgehead atoms. The van der Waals surface area contributed by atoms with Crippen LogP contribution in [0.25, 0.3) is 21.8 Å². The molecule has 0 atom stereocenters. The van der Waals surface area contributed by atoms with Crippen LogP contribution in [-0.2, 0) is 0 Å². The van der Waals surface area contributed by atoms with Crippen molar-refractivity contribution in [3.63, 3.8) is 0 Å². The molecule has 0 fully saturated rings. The Labute approximate surface area is 139 Å². The topological polar surface area (TPSA) is 15.8 Å². The quantitative estimate of drug-likeness (QED) is 0.378. The second-order valence-electron chi connectivity index (χ2n) is 5.52. The van der Waals surface area contributed by atoms with Gasteiger partial charge in [0.25, 0.3) is 0 Å². The van der Waals surface area contributed by atoms with Crippen LogP contribution >= 0.6 is 15.9 Å². The van der Waals surface area contributed by atoms with Gasteiger partial charge in [-0.2, -0.15) is 0 Å². The summed E-state index contributed by atoms with van der Waals surface area (Å²) in [6.07, 6.45) is 0. The average Bonchev–Trinajstić information content (AvgIpc) is 2.85. The van der Waals surface area contributed by atoms with Gasteiger partial charge in [0.05, 0.1) is 0 Å². The van der Waals surface area contributed by atoms with Gasteiger partial charge in [-0.3, -0.25) is 0 Å². The minimum absolute atomic E-state index is 1.17. The van der Waals surface area contributed by atoms with Crippen molar-refractivity contribution in [2.45, 2.75) is 13.8 Å². The predicted octanol–water partition coefficient (Wildman–Crippen LogP) is 6.39. The lowest BCUT2D eigenvalue weighted by atomic mass is 10.2.